The molecule has 9 heteroatoms. The molecule has 6 nitrogen and oxygen atoms in total. The Bertz CT molecular complexity index is 488. The number of amides is 3. The SMILES string of the molecule is O=C(NCCN1CCCCC1=O)C1CCN(C(=O)C(F)(F)F)CC1. The maximum atomic E-state index is 12.4. The Balaban J connectivity index is 1.69. The van der Waals surface area contributed by atoms with Crippen molar-refractivity contribution in [3.05, 3.63) is 0 Å². The Morgan fingerprint density at radius 1 is 1.12 bits per heavy atom. The predicted octanol–water partition coefficient (Wildman–Crippen LogP) is 0.916. The van der Waals surface area contributed by atoms with Crippen LogP contribution in [0.5, 0.6) is 0 Å². The van der Waals surface area contributed by atoms with E-state index in [9.17, 15) is 27.6 Å². The Hall–Kier alpha value is -1.80. The van der Waals surface area contributed by atoms with E-state index in [-0.39, 0.29) is 43.7 Å². The molecular weight excluding hydrogens is 327 g/mol. The number of halogens is 3. The number of hydrogen-bond donors (Lipinski definition) is 1. The third kappa shape index (κ3) is 4.85. The number of hydrogen-bond acceptors (Lipinski definition) is 3. The lowest BCUT2D eigenvalue weighted by molar-refractivity contribution is -0.186. The van der Waals surface area contributed by atoms with Crippen molar-refractivity contribution in [1.29, 1.82) is 0 Å². The van der Waals surface area contributed by atoms with Crippen molar-refractivity contribution >= 4 is 17.7 Å². The molecule has 0 unspecified atom stereocenters. The van der Waals surface area contributed by atoms with E-state index in [1.54, 1.807) is 4.90 Å². The maximum absolute atomic E-state index is 12.4. The molecule has 24 heavy (non-hydrogen) atoms. The van der Waals surface area contributed by atoms with Crippen LogP contribution in [-0.4, -0.2) is 66.4 Å². The van der Waals surface area contributed by atoms with E-state index < -0.39 is 12.1 Å². The van der Waals surface area contributed by atoms with Crippen molar-refractivity contribution in [2.45, 2.75) is 38.3 Å². The quantitative estimate of drug-likeness (QED) is 0.820. The lowest BCUT2D eigenvalue weighted by Gasteiger charge is -2.32. The molecule has 2 fully saturated rings. The Morgan fingerprint density at radius 3 is 2.38 bits per heavy atom. The van der Waals surface area contributed by atoms with E-state index in [1.165, 1.54) is 0 Å². The van der Waals surface area contributed by atoms with Crippen LogP contribution < -0.4 is 5.32 Å². The van der Waals surface area contributed by atoms with E-state index in [0.29, 0.717) is 26.1 Å². The summed E-state index contributed by atoms with van der Waals surface area (Å²) in [5, 5.41) is 2.74. The summed E-state index contributed by atoms with van der Waals surface area (Å²) in [6.07, 6.45) is -2.02. The minimum Gasteiger partial charge on any atom is -0.354 e. The molecule has 136 valence electrons. The maximum Gasteiger partial charge on any atom is 0.471 e. The molecule has 1 N–H and O–H groups in total. The number of likely N-dealkylation sites (tertiary alicyclic amines) is 2. The van der Waals surface area contributed by atoms with Gasteiger partial charge < -0.3 is 15.1 Å². The van der Waals surface area contributed by atoms with E-state index >= 15 is 0 Å². The highest BCUT2D eigenvalue weighted by molar-refractivity contribution is 5.83. The van der Waals surface area contributed by atoms with Crippen molar-refractivity contribution in [1.82, 2.24) is 15.1 Å². The van der Waals surface area contributed by atoms with Crippen LogP contribution in [0.1, 0.15) is 32.1 Å². The fourth-order valence-electron chi connectivity index (χ4n) is 3.08. The topological polar surface area (TPSA) is 69.7 Å². The first-order valence-corrected chi connectivity index (χ1v) is 8.20. The van der Waals surface area contributed by atoms with Gasteiger partial charge in [-0.1, -0.05) is 0 Å². The molecule has 0 aliphatic carbocycles. The van der Waals surface area contributed by atoms with E-state index in [4.69, 9.17) is 0 Å². The summed E-state index contributed by atoms with van der Waals surface area (Å²) in [5.74, 6) is -2.36. The van der Waals surface area contributed by atoms with E-state index in [1.807, 2.05) is 0 Å². The van der Waals surface area contributed by atoms with Gasteiger partial charge in [-0.05, 0) is 25.7 Å². The van der Waals surface area contributed by atoms with Crippen molar-refractivity contribution in [3.63, 3.8) is 0 Å². The minimum atomic E-state index is -4.87. The number of rotatable bonds is 4. The van der Waals surface area contributed by atoms with E-state index in [2.05, 4.69) is 5.32 Å². The van der Waals surface area contributed by atoms with Gasteiger partial charge in [0.25, 0.3) is 0 Å². The van der Waals surface area contributed by atoms with Gasteiger partial charge in [-0.25, -0.2) is 0 Å². The third-order valence-corrected chi connectivity index (χ3v) is 4.50. The number of carbonyl (C=O) groups is 3. The van der Waals surface area contributed by atoms with Crippen LogP contribution in [0, 0.1) is 5.92 Å². The minimum absolute atomic E-state index is 0.0684. The summed E-state index contributed by atoms with van der Waals surface area (Å²) < 4.78 is 37.1. The van der Waals surface area contributed by atoms with Crippen LogP contribution in [0.25, 0.3) is 0 Å². The largest absolute Gasteiger partial charge is 0.471 e. The summed E-state index contributed by atoms with van der Waals surface area (Å²) in [4.78, 5) is 37.3. The lowest BCUT2D eigenvalue weighted by Crippen LogP contribution is -2.48. The van der Waals surface area contributed by atoms with Gasteiger partial charge in [0.2, 0.25) is 11.8 Å². The van der Waals surface area contributed by atoms with Crippen molar-refractivity contribution in [3.8, 4) is 0 Å². The highest BCUT2D eigenvalue weighted by Gasteiger charge is 2.43. The highest BCUT2D eigenvalue weighted by Crippen LogP contribution is 2.23. The van der Waals surface area contributed by atoms with Crippen molar-refractivity contribution < 1.29 is 27.6 Å². The van der Waals surface area contributed by atoms with Crippen LogP contribution in [-0.2, 0) is 14.4 Å². The van der Waals surface area contributed by atoms with Gasteiger partial charge in [0.1, 0.15) is 0 Å². The molecule has 0 bridgehead atoms. The molecule has 2 rings (SSSR count). The van der Waals surface area contributed by atoms with Crippen LogP contribution in [0.15, 0.2) is 0 Å². The lowest BCUT2D eigenvalue weighted by atomic mass is 9.96. The summed E-state index contributed by atoms with van der Waals surface area (Å²) in [5.41, 5.74) is 0. The second-order valence-corrected chi connectivity index (χ2v) is 6.19. The molecule has 0 aromatic heterocycles. The molecule has 0 saturated carbocycles. The molecule has 0 aromatic carbocycles. The van der Waals surface area contributed by atoms with Crippen LogP contribution >= 0.6 is 0 Å². The molecule has 0 atom stereocenters. The van der Waals surface area contributed by atoms with Gasteiger partial charge in [0.05, 0.1) is 0 Å². The van der Waals surface area contributed by atoms with Crippen LogP contribution in [0.2, 0.25) is 0 Å². The number of piperidine rings is 2. The Kier molecular flexibility index (Phi) is 6.06. The third-order valence-electron chi connectivity index (χ3n) is 4.50. The molecule has 2 saturated heterocycles. The molecule has 3 amide bonds. The smallest absolute Gasteiger partial charge is 0.354 e. The van der Waals surface area contributed by atoms with Gasteiger partial charge >= 0.3 is 12.1 Å². The molecule has 2 heterocycles. The van der Waals surface area contributed by atoms with Crippen LogP contribution in [0.4, 0.5) is 13.2 Å². The number of nitrogens with zero attached hydrogens (tertiary/aromatic N) is 2. The summed E-state index contributed by atoms with van der Waals surface area (Å²) in [6.45, 7) is 1.36. The standard InChI is InChI=1S/C15H22F3N3O3/c16-15(17,18)14(24)21-8-4-11(5-9-21)13(23)19-6-10-20-7-2-1-3-12(20)22/h11H,1-10H2,(H,19,23). The zero-order valence-electron chi connectivity index (χ0n) is 13.4. The number of carbonyl (C=O) groups excluding carboxylic acids is 3. The fourth-order valence-corrected chi connectivity index (χ4v) is 3.08. The number of nitrogens with one attached hydrogen (secondary N) is 1. The summed E-state index contributed by atoms with van der Waals surface area (Å²) >= 11 is 0. The molecular formula is C15H22F3N3O3. The zero-order chi connectivity index (χ0) is 17.7. The predicted molar refractivity (Wildman–Crippen MR) is 78.8 cm³/mol. The van der Waals surface area contributed by atoms with Crippen molar-refractivity contribution in [2.24, 2.45) is 5.92 Å². The molecule has 0 aromatic rings. The highest BCUT2D eigenvalue weighted by atomic mass is 19.4. The first kappa shape index (κ1) is 18.5. The fraction of sp³-hybridized carbons (Fsp3) is 0.800. The van der Waals surface area contributed by atoms with Crippen molar-refractivity contribution in [2.75, 3.05) is 32.7 Å². The average molecular weight is 349 g/mol. The summed E-state index contributed by atoms with van der Waals surface area (Å²) in [7, 11) is 0. The average Bonchev–Trinajstić information content (AvgIpc) is 2.55. The summed E-state index contributed by atoms with van der Waals surface area (Å²) in [6, 6.07) is 0. The first-order valence-electron chi connectivity index (χ1n) is 8.20. The number of alkyl halides is 3. The van der Waals surface area contributed by atoms with Gasteiger partial charge in [-0.3, -0.25) is 14.4 Å². The van der Waals surface area contributed by atoms with Gasteiger partial charge in [-0.15, -0.1) is 0 Å². The molecule has 2 aliphatic heterocycles. The zero-order valence-corrected chi connectivity index (χ0v) is 13.4. The Morgan fingerprint density at radius 2 is 1.79 bits per heavy atom. The van der Waals surface area contributed by atoms with Gasteiger partial charge in [0.15, 0.2) is 0 Å². The molecule has 0 radical (unpaired) electrons. The normalized spacial score (nSPS) is 20.2. The molecule has 2 aliphatic rings. The monoisotopic (exact) mass is 349 g/mol. The van der Waals surface area contributed by atoms with Gasteiger partial charge in [-0.2, -0.15) is 13.2 Å². The van der Waals surface area contributed by atoms with Gasteiger partial charge in [0, 0.05) is 45.1 Å². The second-order valence-electron chi connectivity index (χ2n) is 6.19. The Labute approximate surface area is 138 Å². The first-order chi connectivity index (χ1) is 11.3. The molecule has 0 spiro atoms. The van der Waals surface area contributed by atoms with E-state index in [0.717, 1.165) is 17.7 Å². The second kappa shape index (κ2) is 7.85. The van der Waals surface area contributed by atoms with Crippen LogP contribution in [0.3, 0.4) is 0 Å².